The van der Waals surface area contributed by atoms with Crippen LogP contribution in [0.3, 0.4) is 0 Å². The van der Waals surface area contributed by atoms with Crippen molar-refractivity contribution >= 4 is 17.4 Å². The maximum absolute atomic E-state index is 11.1. The van der Waals surface area contributed by atoms with E-state index in [2.05, 4.69) is 0 Å². The van der Waals surface area contributed by atoms with Crippen LogP contribution >= 0.6 is 11.6 Å². The van der Waals surface area contributed by atoms with E-state index in [1.807, 2.05) is 13.8 Å². The van der Waals surface area contributed by atoms with E-state index < -0.39 is 0 Å². The lowest BCUT2D eigenvalue weighted by Gasteiger charge is -2.10. The predicted octanol–water partition coefficient (Wildman–Crippen LogP) is 3.37. The molecule has 0 spiro atoms. The van der Waals surface area contributed by atoms with Crippen molar-refractivity contribution in [2.45, 2.75) is 26.7 Å². The molecule has 1 N–H and O–H groups in total. The van der Waals surface area contributed by atoms with Crippen molar-refractivity contribution in [3.8, 4) is 5.75 Å². The van der Waals surface area contributed by atoms with Crippen molar-refractivity contribution in [1.82, 2.24) is 0 Å². The number of ketones is 1. The summed E-state index contributed by atoms with van der Waals surface area (Å²) >= 11 is 5.98. The Labute approximate surface area is 88.5 Å². The number of phenolic OH excluding ortho intramolecular Hbond substituents is 1. The molecule has 0 radical (unpaired) electrons. The second kappa shape index (κ2) is 4.01. The van der Waals surface area contributed by atoms with E-state index in [0.717, 1.165) is 5.56 Å². The van der Waals surface area contributed by atoms with Gasteiger partial charge in [0.25, 0.3) is 0 Å². The molecule has 0 heterocycles. The van der Waals surface area contributed by atoms with Crippen LogP contribution in [0.25, 0.3) is 0 Å². The molecule has 1 aromatic carbocycles. The average Bonchev–Trinajstić information content (AvgIpc) is 2.07. The molecule has 1 aromatic rings. The molecule has 0 atom stereocenters. The highest BCUT2D eigenvalue weighted by Crippen LogP contribution is 2.31. The minimum atomic E-state index is -0.181. The quantitative estimate of drug-likeness (QED) is 0.764. The summed E-state index contributed by atoms with van der Waals surface area (Å²) in [5.74, 6) is 0.0553. The Balaban J connectivity index is 3.31. The lowest BCUT2D eigenvalue weighted by atomic mass is 9.99. The fraction of sp³-hybridized carbons (Fsp3) is 0.364. The number of hydrogen-bond donors (Lipinski definition) is 1. The summed E-state index contributed by atoms with van der Waals surface area (Å²) in [7, 11) is 0. The van der Waals surface area contributed by atoms with Gasteiger partial charge in [-0.05, 0) is 30.5 Å². The smallest absolute Gasteiger partial charge is 0.163 e. The van der Waals surface area contributed by atoms with Gasteiger partial charge in [-0.2, -0.15) is 0 Å². The zero-order valence-corrected chi connectivity index (χ0v) is 9.22. The standard InChI is InChI=1S/C11H13ClO2/c1-6(2)8-5-11(14)9(7(3)13)4-10(8)12/h4-6,14H,1-3H3. The van der Waals surface area contributed by atoms with E-state index in [1.165, 1.54) is 13.0 Å². The van der Waals surface area contributed by atoms with Crippen LogP contribution in [-0.2, 0) is 0 Å². The molecule has 0 saturated heterocycles. The topological polar surface area (TPSA) is 37.3 Å². The van der Waals surface area contributed by atoms with Crippen LogP contribution in [0.15, 0.2) is 12.1 Å². The number of hydrogen-bond acceptors (Lipinski definition) is 2. The molecule has 14 heavy (non-hydrogen) atoms. The van der Waals surface area contributed by atoms with Gasteiger partial charge in [0, 0.05) is 5.02 Å². The highest BCUT2D eigenvalue weighted by Gasteiger charge is 2.12. The number of benzene rings is 1. The van der Waals surface area contributed by atoms with Crippen LogP contribution < -0.4 is 0 Å². The third-order valence-electron chi connectivity index (χ3n) is 2.12. The average molecular weight is 213 g/mol. The van der Waals surface area contributed by atoms with Crippen LogP contribution in [0.1, 0.15) is 42.6 Å². The molecule has 76 valence electrons. The maximum atomic E-state index is 11.1. The summed E-state index contributed by atoms with van der Waals surface area (Å²) in [4.78, 5) is 11.1. The molecular formula is C11H13ClO2. The molecule has 1 rings (SSSR count). The first-order chi connectivity index (χ1) is 6.43. The van der Waals surface area contributed by atoms with Gasteiger partial charge in [-0.1, -0.05) is 25.4 Å². The molecule has 3 heteroatoms. The lowest BCUT2D eigenvalue weighted by molar-refractivity contribution is 0.101. The Bertz CT molecular complexity index is 370. The van der Waals surface area contributed by atoms with Crippen molar-refractivity contribution in [3.05, 3.63) is 28.3 Å². The van der Waals surface area contributed by atoms with E-state index in [-0.39, 0.29) is 23.0 Å². The summed E-state index contributed by atoms with van der Waals surface area (Å²) in [5, 5.41) is 10.1. The molecule has 0 fully saturated rings. The number of aromatic hydroxyl groups is 1. The van der Waals surface area contributed by atoms with Crippen molar-refractivity contribution < 1.29 is 9.90 Å². The minimum Gasteiger partial charge on any atom is -0.507 e. The van der Waals surface area contributed by atoms with E-state index in [1.54, 1.807) is 6.07 Å². The molecule has 0 saturated carbocycles. The SMILES string of the molecule is CC(=O)c1cc(Cl)c(C(C)C)cc1O. The van der Waals surface area contributed by atoms with Crippen molar-refractivity contribution in [1.29, 1.82) is 0 Å². The number of phenols is 1. The normalized spacial score (nSPS) is 10.6. The van der Waals surface area contributed by atoms with Gasteiger partial charge in [0.15, 0.2) is 5.78 Å². The first-order valence-corrected chi connectivity index (χ1v) is 4.84. The van der Waals surface area contributed by atoms with E-state index in [0.29, 0.717) is 5.02 Å². The zero-order chi connectivity index (χ0) is 10.9. The van der Waals surface area contributed by atoms with Crippen molar-refractivity contribution in [2.75, 3.05) is 0 Å². The number of halogens is 1. The van der Waals surface area contributed by atoms with Crippen LogP contribution in [0.5, 0.6) is 5.75 Å². The fourth-order valence-corrected chi connectivity index (χ4v) is 1.68. The van der Waals surface area contributed by atoms with Gasteiger partial charge in [-0.3, -0.25) is 4.79 Å². The molecular weight excluding hydrogens is 200 g/mol. The molecule has 0 unspecified atom stereocenters. The summed E-state index contributed by atoms with van der Waals surface area (Å²) < 4.78 is 0. The van der Waals surface area contributed by atoms with E-state index in [4.69, 9.17) is 11.6 Å². The molecule has 2 nitrogen and oxygen atoms in total. The monoisotopic (exact) mass is 212 g/mol. The first-order valence-electron chi connectivity index (χ1n) is 4.46. The molecule has 0 bridgehead atoms. The Kier molecular flexibility index (Phi) is 3.17. The Morgan fingerprint density at radius 1 is 1.43 bits per heavy atom. The molecule has 0 aliphatic rings. The molecule has 0 aliphatic heterocycles. The number of carbonyl (C=O) groups excluding carboxylic acids is 1. The second-order valence-corrected chi connectivity index (χ2v) is 4.01. The second-order valence-electron chi connectivity index (χ2n) is 3.60. The highest BCUT2D eigenvalue weighted by molar-refractivity contribution is 6.32. The Morgan fingerprint density at radius 2 is 2.00 bits per heavy atom. The third-order valence-corrected chi connectivity index (χ3v) is 2.44. The van der Waals surface area contributed by atoms with Gasteiger partial charge in [0.1, 0.15) is 5.75 Å². The molecule has 0 aliphatic carbocycles. The fourth-order valence-electron chi connectivity index (χ4n) is 1.30. The van der Waals surface area contributed by atoms with Crippen molar-refractivity contribution in [2.24, 2.45) is 0 Å². The Morgan fingerprint density at radius 3 is 2.43 bits per heavy atom. The van der Waals surface area contributed by atoms with E-state index >= 15 is 0 Å². The van der Waals surface area contributed by atoms with Gasteiger partial charge in [-0.25, -0.2) is 0 Å². The van der Waals surface area contributed by atoms with Gasteiger partial charge >= 0.3 is 0 Å². The zero-order valence-electron chi connectivity index (χ0n) is 8.47. The summed E-state index contributed by atoms with van der Waals surface area (Å²) in [6.45, 7) is 5.36. The van der Waals surface area contributed by atoms with Crippen molar-refractivity contribution in [3.63, 3.8) is 0 Å². The predicted molar refractivity (Wildman–Crippen MR) is 57.2 cm³/mol. The van der Waals surface area contributed by atoms with Crippen LogP contribution in [0, 0.1) is 0 Å². The maximum Gasteiger partial charge on any atom is 0.163 e. The van der Waals surface area contributed by atoms with Gasteiger partial charge in [-0.15, -0.1) is 0 Å². The Hall–Kier alpha value is -1.02. The van der Waals surface area contributed by atoms with Crippen LogP contribution in [0.2, 0.25) is 5.02 Å². The van der Waals surface area contributed by atoms with Gasteiger partial charge in [0.2, 0.25) is 0 Å². The number of Topliss-reactive ketones (excluding diaryl/α,β-unsaturated/α-hetero) is 1. The van der Waals surface area contributed by atoms with Gasteiger partial charge < -0.3 is 5.11 Å². The van der Waals surface area contributed by atoms with E-state index in [9.17, 15) is 9.90 Å². The largest absolute Gasteiger partial charge is 0.507 e. The van der Waals surface area contributed by atoms with Gasteiger partial charge in [0.05, 0.1) is 5.56 Å². The number of rotatable bonds is 2. The minimum absolute atomic E-state index is 0.00519. The molecule has 0 amide bonds. The summed E-state index contributed by atoms with van der Waals surface area (Å²) in [6, 6.07) is 3.08. The lowest BCUT2D eigenvalue weighted by Crippen LogP contribution is -1.96. The van der Waals surface area contributed by atoms with Crippen LogP contribution in [0.4, 0.5) is 0 Å². The summed E-state index contributed by atoms with van der Waals surface area (Å²) in [6.07, 6.45) is 0. The molecule has 0 aromatic heterocycles. The first kappa shape index (κ1) is 11.1. The third kappa shape index (κ3) is 2.07. The summed E-state index contributed by atoms with van der Waals surface area (Å²) in [5.41, 5.74) is 1.13. The van der Waals surface area contributed by atoms with Crippen LogP contribution in [-0.4, -0.2) is 10.9 Å². The highest BCUT2D eigenvalue weighted by atomic mass is 35.5. The number of carbonyl (C=O) groups is 1.